The van der Waals surface area contributed by atoms with Gasteiger partial charge >= 0.3 is 6.61 Å². The molecule has 1 unspecified atom stereocenters. The molecule has 2 aromatic rings. The van der Waals surface area contributed by atoms with E-state index in [1.807, 2.05) is 36.1 Å². The van der Waals surface area contributed by atoms with Gasteiger partial charge in [-0.05, 0) is 24.7 Å². The van der Waals surface area contributed by atoms with Crippen molar-refractivity contribution in [2.45, 2.75) is 26.2 Å². The van der Waals surface area contributed by atoms with E-state index >= 15 is 0 Å². The van der Waals surface area contributed by atoms with Gasteiger partial charge in [-0.1, -0.05) is 19.1 Å². The summed E-state index contributed by atoms with van der Waals surface area (Å²) in [5, 5.41) is 11.5. The zero-order valence-electron chi connectivity index (χ0n) is 16.5. The van der Waals surface area contributed by atoms with Crippen LogP contribution in [0.3, 0.4) is 0 Å². The summed E-state index contributed by atoms with van der Waals surface area (Å²) in [4.78, 5) is 12.8. The van der Waals surface area contributed by atoms with Crippen molar-refractivity contribution < 1.29 is 32.7 Å². The van der Waals surface area contributed by atoms with Gasteiger partial charge in [0, 0.05) is 18.7 Å². The quantitative estimate of drug-likeness (QED) is 0.446. The SMILES string of the molecule is CCN(Cc1cc(OC)c(OC(F)F)cc1[N+](=O)[O-])CC1COc2ccccc2O1. The molecule has 0 fully saturated rings. The maximum Gasteiger partial charge on any atom is 0.387 e. The van der Waals surface area contributed by atoms with E-state index in [0.717, 1.165) is 6.07 Å². The lowest BCUT2D eigenvalue weighted by atomic mass is 10.1. The first-order chi connectivity index (χ1) is 14.4. The molecule has 3 rings (SSSR count). The fourth-order valence-electron chi connectivity index (χ4n) is 3.22. The van der Waals surface area contributed by atoms with Gasteiger partial charge in [0.2, 0.25) is 0 Å². The van der Waals surface area contributed by atoms with E-state index in [9.17, 15) is 18.9 Å². The Morgan fingerprint density at radius 1 is 1.27 bits per heavy atom. The summed E-state index contributed by atoms with van der Waals surface area (Å²) in [6.07, 6.45) is -0.262. The molecule has 0 aromatic heterocycles. The summed E-state index contributed by atoms with van der Waals surface area (Å²) in [6, 6.07) is 9.66. The molecule has 162 valence electrons. The van der Waals surface area contributed by atoms with Crippen molar-refractivity contribution in [1.82, 2.24) is 4.90 Å². The van der Waals surface area contributed by atoms with E-state index in [-0.39, 0.29) is 29.8 Å². The lowest BCUT2D eigenvalue weighted by Crippen LogP contribution is -2.40. The zero-order valence-corrected chi connectivity index (χ0v) is 16.5. The highest BCUT2D eigenvalue weighted by molar-refractivity contribution is 5.54. The second kappa shape index (κ2) is 9.57. The van der Waals surface area contributed by atoms with Crippen molar-refractivity contribution in [3.05, 3.63) is 52.1 Å². The molecule has 0 N–H and O–H groups in total. The van der Waals surface area contributed by atoms with Gasteiger partial charge in [-0.3, -0.25) is 15.0 Å². The molecule has 1 aliphatic rings. The summed E-state index contributed by atoms with van der Waals surface area (Å²) in [6.45, 7) is 0.368. The number of methoxy groups -OCH3 is 1. The lowest BCUT2D eigenvalue weighted by Gasteiger charge is -2.30. The van der Waals surface area contributed by atoms with Gasteiger partial charge in [-0.25, -0.2) is 0 Å². The molecule has 2 aromatic carbocycles. The van der Waals surface area contributed by atoms with E-state index in [0.29, 0.717) is 36.8 Å². The van der Waals surface area contributed by atoms with Gasteiger partial charge in [0.05, 0.1) is 18.1 Å². The molecule has 1 aliphatic heterocycles. The monoisotopic (exact) mass is 424 g/mol. The van der Waals surface area contributed by atoms with Crippen LogP contribution in [0.1, 0.15) is 12.5 Å². The average Bonchev–Trinajstić information content (AvgIpc) is 2.73. The number of alkyl halides is 2. The van der Waals surface area contributed by atoms with Crippen molar-refractivity contribution >= 4 is 5.69 Å². The molecule has 0 saturated heterocycles. The van der Waals surface area contributed by atoms with E-state index in [1.54, 1.807) is 0 Å². The third-order valence-electron chi connectivity index (χ3n) is 4.65. The van der Waals surface area contributed by atoms with Crippen LogP contribution in [0, 0.1) is 10.1 Å². The van der Waals surface area contributed by atoms with E-state index in [2.05, 4.69) is 4.74 Å². The number of ether oxygens (including phenoxy) is 4. The van der Waals surface area contributed by atoms with Crippen molar-refractivity contribution in [2.75, 3.05) is 26.8 Å². The highest BCUT2D eigenvalue weighted by Crippen LogP contribution is 2.36. The fraction of sp³-hybridized carbons (Fsp3) is 0.400. The summed E-state index contributed by atoms with van der Waals surface area (Å²) >= 11 is 0. The van der Waals surface area contributed by atoms with Crippen LogP contribution in [0.5, 0.6) is 23.0 Å². The maximum atomic E-state index is 12.6. The van der Waals surface area contributed by atoms with Gasteiger partial charge in [-0.15, -0.1) is 0 Å². The number of benzene rings is 2. The molecule has 0 bridgehead atoms. The fourth-order valence-corrected chi connectivity index (χ4v) is 3.22. The molecular weight excluding hydrogens is 402 g/mol. The Balaban J connectivity index is 1.78. The Bertz CT molecular complexity index is 896. The summed E-state index contributed by atoms with van der Waals surface area (Å²) in [5.74, 6) is 0.933. The summed E-state index contributed by atoms with van der Waals surface area (Å²) in [7, 11) is 1.28. The largest absolute Gasteiger partial charge is 0.493 e. The van der Waals surface area contributed by atoms with Crippen molar-refractivity contribution in [3.8, 4) is 23.0 Å². The van der Waals surface area contributed by atoms with Gasteiger partial charge in [-0.2, -0.15) is 8.78 Å². The van der Waals surface area contributed by atoms with Crippen LogP contribution in [-0.4, -0.2) is 49.3 Å². The second-order valence-electron chi connectivity index (χ2n) is 6.59. The Morgan fingerprint density at radius 2 is 2.00 bits per heavy atom. The minimum Gasteiger partial charge on any atom is -0.493 e. The van der Waals surface area contributed by atoms with Crippen LogP contribution in [-0.2, 0) is 6.54 Å². The minimum atomic E-state index is -3.12. The number of para-hydroxylation sites is 2. The predicted octanol–water partition coefficient (Wildman–Crippen LogP) is 3.87. The number of likely N-dealkylation sites (N-methyl/N-ethyl adjacent to an activating group) is 1. The molecule has 0 radical (unpaired) electrons. The third kappa shape index (κ3) is 5.07. The number of rotatable bonds is 9. The first kappa shape index (κ1) is 21.6. The number of hydrogen-bond donors (Lipinski definition) is 0. The molecular formula is C20H22F2N2O6. The topological polar surface area (TPSA) is 83.3 Å². The standard InChI is InChI=1S/C20H22F2N2O6/c1-3-23(11-14-12-28-16-6-4-5-7-17(16)29-14)10-13-8-18(27-2)19(30-20(21)22)9-15(13)24(25)26/h4-9,14,20H,3,10-12H2,1-2H3. The van der Waals surface area contributed by atoms with Crippen LogP contribution in [0.15, 0.2) is 36.4 Å². The normalized spacial score (nSPS) is 15.3. The van der Waals surface area contributed by atoms with Crippen molar-refractivity contribution in [2.24, 2.45) is 0 Å². The van der Waals surface area contributed by atoms with Crippen molar-refractivity contribution in [1.29, 1.82) is 0 Å². The molecule has 0 saturated carbocycles. The van der Waals surface area contributed by atoms with Crippen LogP contribution >= 0.6 is 0 Å². The Labute approximate surface area is 172 Å². The maximum absolute atomic E-state index is 12.6. The minimum absolute atomic E-state index is 0.00173. The molecule has 30 heavy (non-hydrogen) atoms. The van der Waals surface area contributed by atoms with Gasteiger partial charge in [0.15, 0.2) is 23.0 Å². The van der Waals surface area contributed by atoms with Gasteiger partial charge in [0.1, 0.15) is 12.7 Å². The molecule has 8 nitrogen and oxygen atoms in total. The van der Waals surface area contributed by atoms with E-state index in [1.165, 1.54) is 13.2 Å². The molecule has 1 atom stereocenters. The van der Waals surface area contributed by atoms with E-state index in [4.69, 9.17) is 14.2 Å². The smallest absolute Gasteiger partial charge is 0.387 e. The highest BCUT2D eigenvalue weighted by atomic mass is 19.3. The number of nitro benzene ring substituents is 1. The van der Waals surface area contributed by atoms with Crippen LogP contribution in [0.25, 0.3) is 0 Å². The third-order valence-corrected chi connectivity index (χ3v) is 4.65. The highest BCUT2D eigenvalue weighted by Gasteiger charge is 2.26. The molecule has 10 heteroatoms. The van der Waals surface area contributed by atoms with Gasteiger partial charge < -0.3 is 18.9 Å². The predicted molar refractivity (Wildman–Crippen MR) is 104 cm³/mol. The average molecular weight is 424 g/mol. The first-order valence-electron chi connectivity index (χ1n) is 9.32. The van der Waals surface area contributed by atoms with Crippen molar-refractivity contribution in [3.63, 3.8) is 0 Å². The van der Waals surface area contributed by atoms with Crippen LogP contribution < -0.4 is 18.9 Å². The van der Waals surface area contributed by atoms with Crippen LogP contribution in [0.4, 0.5) is 14.5 Å². The first-order valence-corrected chi connectivity index (χ1v) is 9.32. The number of halogens is 2. The Hall–Kier alpha value is -3.14. The number of nitro groups is 1. The number of fused-ring (bicyclic) bond motifs is 1. The molecule has 0 aliphatic carbocycles. The molecule has 1 heterocycles. The number of hydrogen-bond acceptors (Lipinski definition) is 7. The summed E-state index contributed by atoms with van der Waals surface area (Å²) in [5.41, 5.74) is -0.00602. The Kier molecular flexibility index (Phi) is 6.88. The second-order valence-corrected chi connectivity index (χ2v) is 6.59. The zero-order chi connectivity index (χ0) is 21.7. The lowest BCUT2D eigenvalue weighted by molar-refractivity contribution is -0.385. The molecule has 0 spiro atoms. The van der Waals surface area contributed by atoms with Gasteiger partial charge in [0.25, 0.3) is 5.69 Å². The van der Waals surface area contributed by atoms with Crippen LogP contribution in [0.2, 0.25) is 0 Å². The Morgan fingerprint density at radius 3 is 2.63 bits per heavy atom. The molecule has 0 amide bonds. The summed E-state index contributed by atoms with van der Waals surface area (Å²) < 4.78 is 46.3. The van der Waals surface area contributed by atoms with E-state index < -0.39 is 11.5 Å². The number of nitrogens with zero attached hydrogens (tertiary/aromatic N) is 2.